The lowest BCUT2D eigenvalue weighted by Crippen LogP contribution is -2.18. The molecular weight excluding hydrogens is 432 g/mol. The summed E-state index contributed by atoms with van der Waals surface area (Å²) in [6, 6.07) is 10.1. The molecule has 1 aliphatic heterocycles. The summed E-state index contributed by atoms with van der Waals surface area (Å²) in [5.41, 5.74) is 10.7. The number of nitrogens with two attached hydrogens (primary N) is 1. The third-order valence-corrected chi connectivity index (χ3v) is 6.12. The van der Waals surface area contributed by atoms with Gasteiger partial charge in [0.15, 0.2) is 5.65 Å². The van der Waals surface area contributed by atoms with E-state index >= 15 is 0 Å². The molecule has 1 aromatic carbocycles. The Hall–Kier alpha value is -3.00. The molecule has 0 radical (unpaired) electrons. The summed E-state index contributed by atoms with van der Waals surface area (Å²) in [5, 5.41) is 5.50. The molecular formula is C21H21BrN6O. The first-order valence-corrected chi connectivity index (χ1v) is 9.82. The summed E-state index contributed by atoms with van der Waals surface area (Å²) in [4.78, 5) is 22.3. The Bertz CT molecular complexity index is 1220. The molecule has 8 heteroatoms. The molecule has 0 aliphatic carbocycles. The van der Waals surface area contributed by atoms with Crippen LogP contribution in [0.1, 0.15) is 25.5 Å². The third-order valence-electron chi connectivity index (χ3n) is 5.31. The summed E-state index contributed by atoms with van der Waals surface area (Å²) in [6.45, 7) is 1.37. The van der Waals surface area contributed by atoms with E-state index in [9.17, 15) is 4.79 Å². The molecule has 1 fully saturated rings. The van der Waals surface area contributed by atoms with E-state index in [1.165, 1.54) is 0 Å². The zero-order valence-corrected chi connectivity index (χ0v) is 16.5. The van der Waals surface area contributed by atoms with E-state index in [-0.39, 0.29) is 13.3 Å². The predicted molar refractivity (Wildman–Crippen MR) is 118 cm³/mol. The number of hydrogen-bond acceptors (Lipinski definition) is 5. The molecule has 3 aromatic heterocycles. The van der Waals surface area contributed by atoms with Crippen LogP contribution in [0.2, 0.25) is 0 Å². The van der Waals surface area contributed by atoms with Crippen LogP contribution in [0.5, 0.6) is 0 Å². The van der Waals surface area contributed by atoms with Crippen LogP contribution in [0.3, 0.4) is 0 Å². The van der Waals surface area contributed by atoms with Gasteiger partial charge in [-0.3, -0.25) is 9.78 Å². The van der Waals surface area contributed by atoms with E-state index in [2.05, 4.69) is 32.1 Å². The van der Waals surface area contributed by atoms with Crippen molar-refractivity contribution >= 4 is 44.7 Å². The number of aromatic nitrogens is 4. The van der Waals surface area contributed by atoms with Gasteiger partial charge in [-0.25, -0.2) is 4.98 Å². The van der Waals surface area contributed by atoms with E-state index in [1.54, 1.807) is 15.6 Å². The van der Waals surface area contributed by atoms with Gasteiger partial charge in [-0.15, -0.1) is 0 Å². The van der Waals surface area contributed by atoms with Crippen molar-refractivity contribution in [1.29, 1.82) is 0 Å². The summed E-state index contributed by atoms with van der Waals surface area (Å²) in [7, 11) is 0. The quantitative estimate of drug-likeness (QED) is 0.476. The fourth-order valence-corrected chi connectivity index (χ4v) is 4.39. The highest BCUT2D eigenvalue weighted by Gasteiger charge is 2.28. The number of likely N-dealkylation sites (tertiary alicyclic amines) is 1. The Morgan fingerprint density at radius 2 is 2.07 bits per heavy atom. The molecule has 4 heterocycles. The Labute approximate surface area is 176 Å². The van der Waals surface area contributed by atoms with Gasteiger partial charge in [0.1, 0.15) is 5.82 Å². The highest BCUT2D eigenvalue weighted by Crippen LogP contribution is 2.36. The van der Waals surface area contributed by atoms with Gasteiger partial charge in [-0.2, -0.15) is 9.61 Å². The van der Waals surface area contributed by atoms with Crippen LogP contribution in [0.4, 0.5) is 5.82 Å². The molecule has 5 rings (SSSR count). The van der Waals surface area contributed by atoms with Crippen LogP contribution < -0.4 is 5.73 Å². The molecule has 4 aromatic rings. The van der Waals surface area contributed by atoms with Crippen LogP contribution in [0, 0.1) is 0 Å². The first-order chi connectivity index (χ1) is 13.7. The second-order valence-corrected chi connectivity index (χ2v) is 7.79. The minimum absolute atomic E-state index is 0. The summed E-state index contributed by atoms with van der Waals surface area (Å²) in [6.07, 6.45) is 5.36. The normalized spacial score (nSPS) is 16.3. The maximum absolute atomic E-state index is 11.1. The zero-order chi connectivity index (χ0) is 19.3. The van der Waals surface area contributed by atoms with Gasteiger partial charge in [0.2, 0.25) is 6.41 Å². The lowest BCUT2D eigenvalue weighted by molar-refractivity contribution is -0.117. The number of hydrogen-bond donors (Lipinski definition) is 1. The van der Waals surface area contributed by atoms with Crippen molar-refractivity contribution in [3.05, 3.63) is 52.9 Å². The Kier molecular flexibility index (Phi) is 4.96. The highest BCUT2D eigenvalue weighted by atomic mass is 79.9. The molecule has 29 heavy (non-hydrogen) atoms. The molecule has 2 N–H and O–H groups in total. The molecule has 1 aliphatic rings. The van der Waals surface area contributed by atoms with E-state index in [0.717, 1.165) is 51.6 Å². The van der Waals surface area contributed by atoms with Crippen LogP contribution >= 0.6 is 15.9 Å². The molecule has 148 valence electrons. The number of halogens is 1. The lowest BCUT2D eigenvalue weighted by Gasteiger charge is -2.14. The third kappa shape index (κ3) is 3.13. The number of nitrogens with zero attached hydrogens (tertiary/aromatic N) is 5. The van der Waals surface area contributed by atoms with E-state index in [1.807, 2.05) is 30.5 Å². The number of carbonyl (C=O) groups is 1. The number of fused-ring (bicyclic) bond motifs is 2. The van der Waals surface area contributed by atoms with E-state index in [4.69, 9.17) is 10.7 Å². The van der Waals surface area contributed by atoms with Crippen molar-refractivity contribution in [3.63, 3.8) is 0 Å². The minimum Gasteiger partial charge on any atom is -0.383 e. The Morgan fingerprint density at radius 1 is 1.24 bits per heavy atom. The SMILES string of the molecule is C.Nc1c(Br)c(C2CCN(C=O)C2)nc2c(-c3cnc4ccccc4c3)cnn12. The van der Waals surface area contributed by atoms with Crippen molar-refractivity contribution in [2.24, 2.45) is 0 Å². The van der Waals surface area contributed by atoms with Gasteiger partial charge in [0.05, 0.1) is 21.9 Å². The number of anilines is 1. The molecule has 7 nitrogen and oxygen atoms in total. The second-order valence-electron chi connectivity index (χ2n) is 6.99. The van der Waals surface area contributed by atoms with Crippen molar-refractivity contribution in [1.82, 2.24) is 24.5 Å². The van der Waals surface area contributed by atoms with Crippen LogP contribution in [-0.4, -0.2) is 44.0 Å². The Morgan fingerprint density at radius 3 is 2.86 bits per heavy atom. The number of rotatable bonds is 3. The van der Waals surface area contributed by atoms with E-state index in [0.29, 0.717) is 18.0 Å². The molecule has 0 saturated carbocycles. The standard InChI is InChI=1S/C20H17BrN6O.CH4/c21-17-18(13-5-6-26(10-13)11-28)25-20-15(9-24-27(20)19(17)22)14-7-12-3-1-2-4-16(12)23-8-14;/h1-4,7-9,11,13H,5-6,10,22H2;1H4. The maximum atomic E-state index is 11.1. The zero-order valence-electron chi connectivity index (χ0n) is 14.9. The monoisotopic (exact) mass is 452 g/mol. The smallest absolute Gasteiger partial charge is 0.209 e. The fourth-order valence-electron chi connectivity index (χ4n) is 3.81. The lowest BCUT2D eigenvalue weighted by atomic mass is 10.0. The largest absolute Gasteiger partial charge is 0.383 e. The molecule has 0 bridgehead atoms. The second kappa shape index (κ2) is 7.44. The highest BCUT2D eigenvalue weighted by molar-refractivity contribution is 9.10. The number of amides is 1. The average molecular weight is 453 g/mol. The van der Waals surface area contributed by atoms with Gasteiger partial charge in [-0.1, -0.05) is 25.6 Å². The van der Waals surface area contributed by atoms with Crippen molar-refractivity contribution in [3.8, 4) is 11.1 Å². The number of nitrogen functional groups attached to an aromatic ring is 1. The van der Waals surface area contributed by atoms with Crippen LogP contribution in [-0.2, 0) is 4.79 Å². The fraction of sp³-hybridized carbons (Fsp3) is 0.238. The molecule has 0 spiro atoms. The molecule has 1 saturated heterocycles. The van der Waals surface area contributed by atoms with Gasteiger partial charge in [0.25, 0.3) is 0 Å². The van der Waals surface area contributed by atoms with Gasteiger partial charge < -0.3 is 10.6 Å². The topological polar surface area (TPSA) is 89.4 Å². The number of carbonyl (C=O) groups excluding carboxylic acids is 1. The van der Waals surface area contributed by atoms with Crippen LogP contribution in [0.25, 0.3) is 27.7 Å². The molecule has 1 atom stereocenters. The summed E-state index contributed by atoms with van der Waals surface area (Å²) in [5.74, 6) is 0.647. The first kappa shape index (κ1) is 19.3. The van der Waals surface area contributed by atoms with Crippen molar-refractivity contribution in [2.75, 3.05) is 18.8 Å². The van der Waals surface area contributed by atoms with Crippen molar-refractivity contribution in [2.45, 2.75) is 19.8 Å². The van der Waals surface area contributed by atoms with Crippen molar-refractivity contribution < 1.29 is 4.79 Å². The first-order valence-electron chi connectivity index (χ1n) is 9.03. The molecule has 1 amide bonds. The van der Waals surface area contributed by atoms with Gasteiger partial charge >= 0.3 is 0 Å². The molecule has 1 unspecified atom stereocenters. The maximum Gasteiger partial charge on any atom is 0.209 e. The van der Waals surface area contributed by atoms with E-state index < -0.39 is 0 Å². The summed E-state index contributed by atoms with van der Waals surface area (Å²) < 4.78 is 2.38. The summed E-state index contributed by atoms with van der Waals surface area (Å²) >= 11 is 3.58. The predicted octanol–water partition coefficient (Wildman–Crippen LogP) is 3.87. The van der Waals surface area contributed by atoms with Gasteiger partial charge in [0, 0.05) is 41.7 Å². The Balaban J connectivity index is 0.00000205. The number of benzene rings is 1. The number of para-hydroxylation sites is 1. The van der Waals surface area contributed by atoms with Gasteiger partial charge in [-0.05, 0) is 34.5 Å². The number of pyridine rings is 1. The minimum atomic E-state index is 0. The average Bonchev–Trinajstić information content (AvgIpc) is 3.37. The van der Waals surface area contributed by atoms with Crippen LogP contribution in [0.15, 0.2) is 47.2 Å².